The summed E-state index contributed by atoms with van der Waals surface area (Å²) in [6, 6.07) is 18.0. The molecule has 0 heterocycles. The molecule has 21 heavy (non-hydrogen) atoms. The van der Waals surface area contributed by atoms with Crippen LogP contribution in [-0.4, -0.2) is 6.10 Å². The van der Waals surface area contributed by atoms with Crippen molar-refractivity contribution >= 4 is 11.6 Å². The maximum atomic E-state index is 9.34. The standard InChI is InChI=1S/C19H19NO/c1-14(2)21-19-10-6-16(7-11-19)12-18(13-20)17-8-4-15(3)5-9-17/h4-12,14H,1-3H3/b18-12-. The van der Waals surface area contributed by atoms with Crippen LogP contribution in [0.1, 0.15) is 30.5 Å². The van der Waals surface area contributed by atoms with Crippen LogP contribution in [0, 0.1) is 18.3 Å². The fraction of sp³-hybridized carbons (Fsp3) is 0.211. The molecule has 0 aromatic heterocycles. The molecule has 0 saturated heterocycles. The third-order valence-electron chi connectivity index (χ3n) is 3.05. The number of nitriles is 1. The van der Waals surface area contributed by atoms with Crippen molar-refractivity contribution in [1.82, 2.24) is 0 Å². The number of benzene rings is 2. The van der Waals surface area contributed by atoms with E-state index in [0.29, 0.717) is 5.57 Å². The van der Waals surface area contributed by atoms with Crippen LogP contribution in [0.2, 0.25) is 0 Å². The van der Waals surface area contributed by atoms with Gasteiger partial charge in [0.25, 0.3) is 0 Å². The summed E-state index contributed by atoms with van der Waals surface area (Å²) >= 11 is 0. The zero-order chi connectivity index (χ0) is 15.2. The van der Waals surface area contributed by atoms with E-state index in [-0.39, 0.29) is 6.10 Å². The summed E-state index contributed by atoms with van der Waals surface area (Å²) in [5, 5.41) is 9.34. The Balaban J connectivity index is 2.24. The number of aryl methyl sites for hydroxylation is 1. The molecule has 2 nitrogen and oxygen atoms in total. The van der Waals surface area contributed by atoms with Gasteiger partial charge in [0.05, 0.1) is 17.7 Å². The molecule has 0 radical (unpaired) electrons. The van der Waals surface area contributed by atoms with Crippen LogP contribution in [-0.2, 0) is 0 Å². The number of hydrogen-bond donors (Lipinski definition) is 0. The van der Waals surface area contributed by atoms with Crippen LogP contribution in [0.3, 0.4) is 0 Å². The van der Waals surface area contributed by atoms with Crippen LogP contribution in [0.5, 0.6) is 5.75 Å². The van der Waals surface area contributed by atoms with Gasteiger partial charge in [0.1, 0.15) is 5.75 Å². The Morgan fingerprint density at radius 2 is 1.67 bits per heavy atom. The first-order valence-corrected chi connectivity index (χ1v) is 7.04. The van der Waals surface area contributed by atoms with Gasteiger partial charge < -0.3 is 4.74 Å². The van der Waals surface area contributed by atoms with Crippen LogP contribution in [0.4, 0.5) is 0 Å². The van der Waals surface area contributed by atoms with E-state index in [0.717, 1.165) is 16.9 Å². The Morgan fingerprint density at radius 1 is 1.05 bits per heavy atom. The second kappa shape index (κ2) is 6.76. The molecule has 0 aliphatic rings. The van der Waals surface area contributed by atoms with Gasteiger partial charge in [-0.15, -0.1) is 0 Å². The predicted molar refractivity (Wildman–Crippen MR) is 86.9 cm³/mol. The molecule has 0 bridgehead atoms. The maximum Gasteiger partial charge on any atom is 0.119 e. The predicted octanol–water partition coefficient (Wildman–Crippen LogP) is 4.85. The van der Waals surface area contributed by atoms with E-state index in [1.54, 1.807) is 0 Å². The van der Waals surface area contributed by atoms with Gasteiger partial charge in [-0.3, -0.25) is 0 Å². The number of rotatable bonds is 4. The third-order valence-corrected chi connectivity index (χ3v) is 3.05. The van der Waals surface area contributed by atoms with Crippen molar-refractivity contribution in [2.75, 3.05) is 0 Å². The Morgan fingerprint density at radius 3 is 2.19 bits per heavy atom. The summed E-state index contributed by atoms with van der Waals surface area (Å²) in [6.07, 6.45) is 2.05. The summed E-state index contributed by atoms with van der Waals surface area (Å²) < 4.78 is 5.61. The first-order valence-electron chi connectivity index (χ1n) is 7.04. The van der Waals surface area contributed by atoms with Crippen molar-refractivity contribution in [3.63, 3.8) is 0 Å². The molecule has 2 rings (SSSR count). The molecule has 0 amide bonds. The van der Waals surface area contributed by atoms with Gasteiger partial charge in [0, 0.05) is 0 Å². The molecule has 0 atom stereocenters. The van der Waals surface area contributed by atoms with E-state index in [1.807, 2.05) is 75.4 Å². The molecule has 0 saturated carbocycles. The molecule has 0 fully saturated rings. The van der Waals surface area contributed by atoms with Crippen LogP contribution in [0.15, 0.2) is 48.5 Å². The second-order valence-corrected chi connectivity index (χ2v) is 5.27. The molecule has 2 aromatic carbocycles. The fourth-order valence-corrected chi connectivity index (χ4v) is 1.99. The van der Waals surface area contributed by atoms with E-state index in [9.17, 15) is 5.26 Å². The van der Waals surface area contributed by atoms with Gasteiger partial charge >= 0.3 is 0 Å². The van der Waals surface area contributed by atoms with Crippen LogP contribution >= 0.6 is 0 Å². The van der Waals surface area contributed by atoms with Gasteiger partial charge in [-0.05, 0) is 50.1 Å². The van der Waals surface area contributed by atoms with Crippen molar-refractivity contribution < 1.29 is 4.74 Å². The minimum Gasteiger partial charge on any atom is -0.491 e. The molecule has 2 aromatic rings. The quantitative estimate of drug-likeness (QED) is 0.591. The molecule has 0 spiro atoms. The fourth-order valence-electron chi connectivity index (χ4n) is 1.99. The maximum absolute atomic E-state index is 9.34. The molecule has 0 N–H and O–H groups in total. The highest BCUT2D eigenvalue weighted by molar-refractivity contribution is 5.89. The Labute approximate surface area is 126 Å². The van der Waals surface area contributed by atoms with Crippen molar-refractivity contribution in [2.45, 2.75) is 26.9 Å². The number of nitrogens with zero attached hydrogens (tertiary/aromatic N) is 1. The summed E-state index contributed by atoms with van der Waals surface area (Å²) in [5.74, 6) is 0.844. The lowest BCUT2D eigenvalue weighted by molar-refractivity contribution is 0.242. The molecule has 0 unspecified atom stereocenters. The molecule has 0 aliphatic carbocycles. The lowest BCUT2D eigenvalue weighted by Gasteiger charge is -2.09. The summed E-state index contributed by atoms with van der Waals surface area (Å²) in [5.41, 5.74) is 3.77. The molecular weight excluding hydrogens is 258 g/mol. The van der Waals surface area contributed by atoms with Crippen LogP contribution in [0.25, 0.3) is 11.6 Å². The van der Waals surface area contributed by atoms with E-state index >= 15 is 0 Å². The van der Waals surface area contributed by atoms with Gasteiger partial charge in [-0.1, -0.05) is 42.0 Å². The van der Waals surface area contributed by atoms with Gasteiger partial charge in [0.2, 0.25) is 0 Å². The Bertz CT molecular complexity index is 658. The normalized spacial score (nSPS) is 11.3. The van der Waals surface area contributed by atoms with E-state index in [1.165, 1.54) is 5.56 Å². The summed E-state index contributed by atoms with van der Waals surface area (Å²) in [6.45, 7) is 6.03. The molecular formula is C19H19NO. The monoisotopic (exact) mass is 277 g/mol. The van der Waals surface area contributed by atoms with E-state index < -0.39 is 0 Å². The number of hydrogen-bond acceptors (Lipinski definition) is 2. The highest BCUT2D eigenvalue weighted by Crippen LogP contribution is 2.20. The number of allylic oxidation sites excluding steroid dienone is 1. The van der Waals surface area contributed by atoms with E-state index in [4.69, 9.17) is 4.74 Å². The lowest BCUT2D eigenvalue weighted by atomic mass is 10.0. The van der Waals surface area contributed by atoms with Crippen molar-refractivity contribution in [3.05, 3.63) is 65.2 Å². The summed E-state index contributed by atoms with van der Waals surface area (Å²) in [4.78, 5) is 0. The summed E-state index contributed by atoms with van der Waals surface area (Å²) in [7, 11) is 0. The highest BCUT2D eigenvalue weighted by atomic mass is 16.5. The molecule has 106 valence electrons. The highest BCUT2D eigenvalue weighted by Gasteiger charge is 2.02. The SMILES string of the molecule is Cc1ccc(/C(C#N)=C\c2ccc(OC(C)C)cc2)cc1. The largest absolute Gasteiger partial charge is 0.491 e. The minimum absolute atomic E-state index is 0.161. The topological polar surface area (TPSA) is 33.0 Å². The van der Waals surface area contributed by atoms with Crippen LogP contribution < -0.4 is 4.74 Å². The van der Waals surface area contributed by atoms with Gasteiger partial charge in [-0.25, -0.2) is 0 Å². The molecule has 0 aliphatic heterocycles. The average molecular weight is 277 g/mol. The lowest BCUT2D eigenvalue weighted by Crippen LogP contribution is -2.05. The molecule has 2 heteroatoms. The number of ether oxygens (including phenoxy) is 1. The van der Waals surface area contributed by atoms with Gasteiger partial charge in [-0.2, -0.15) is 5.26 Å². The first-order chi connectivity index (χ1) is 10.1. The average Bonchev–Trinajstić information content (AvgIpc) is 2.47. The van der Waals surface area contributed by atoms with Crippen molar-refractivity contribution in [1.29, 1.82) is 5.26 Å². The van der Waals surface area contributed by atoms with Crippen molar-refractivity contribution in [3.8, 4) is 11.8 Å². The smallest absolute Gasteiger partial charge is 0.119 e. The van der Waals surface area contributed by atoms with E-state index in [2.05, 4.69) is 6.07 Å². The first kappa shape index (κ1) is 14.9. The zero-order valence-electron chi connectivity index (χ0n) is 12.6. The minimum atomic E-state index is 0.161. The third kappa shape index (κ3) is 4.22. The Kier molecular flexibility index (Phi) is 4.79. The van der Waals surface area contributed by atoms with Gasteiger partial charge in [0.15, 0.2) is 0 Å². The zero-order valence-corrected chi connectivity index (χ0v) is 12.6. The Hall–Kier alpha value is -2.53. The van der Waals surface area contributed by atoms with Crippen molar-refractivity contribution in [2.24, 2.45) is 0 Å². The second-order valence-electron chi connectivity index (χ2n) is 5.27.